The normalized spacial score (nSPS) is 13.4. The predicted molar refractivity (Wildman–Crippen MR) is 85.0 cm³/mol. The molecule has 2 aromatic rings. The molecule has 0 N–H and O–H groups in total. The van der Waals surface area contributed by atoms with Gasteiger partial charge < -0.3 is 18.7 Å². The van der Waals surface area contributed by atoms with Crippen LogP contribution in [0, 0.1) is 0 Å². The summed E-state index contributed by atoms with van der Waals surface area (Å²) >= 11 is 0. The van der Waals surface area contributed by atoms with Crippen LogP contribution in [-0.4, -0.2) is 37.4 Å². The Bertz CT molecular complexity index is 669. The number of nitrogens with zero attached hydrogens (tertiary/aromatic N) is 2. The van der Waals surface area contributed by atoms with E-state index in [1.807, 2.05) is 25.2 Å². The molecule has 2 heterocycles. The summed E-state index contributed by atoms with van der Waals surface area (Å²) in [4.78, 5) is 2.15. The quantitative estimate of drug-likeness (QED) is 0.816. The summed E-state index contributed by atoms with van der Waals surface area (Å²) < 4.78 is 22.1. The monoisotopic (exact) mass is 318 g/mol. The van der Waals surface area contributed by atoms with Crippen molar-refractivity contribution in [3.05, 3.63) is 35.2 Å². The van der Waals surface area contributed by atoms with Crippen LogP contribution in [0.4, 0.5) is 0 Å². The average Bonchev–Trinajstić information content (AvgIpc) is 3.01. The second-order valence-corrected chi connectivity index (χ2v) is 5.62. The van der Waals surface area contributed by atoms with Crippen LogP contribution in [0.5, 0.6) is 17.2 Å². The first-order valence-electron chi connectivity index (χ1n) is 7.79. The van der Waals surface area contributed by atoms with Gasteiger partial charge in [0.1, 0.15) is 19.0 Å². The summed E-state index contributed by atoms with van der Waals surface area (Å²) in [7, 11) is 3.70. The number of rotatable bonds is 6. The lowest BCUT2D eigenvalue weighted by molar-refractivity contribution is 0.170. The fraction of sp³-hybridized carbons (Fsp3) is 0.471. The van der Waals surface area contributed by atoms with E-state index >= 15 is 0 Å². The van der Waals surface area contributed by atoms with E-state index < -0.39 is 0 Å². The van der Waals surface area contributed by atoms with Crippen LogP contribution < -0.4 is 14.2 Å². The number of methoxy groups -OCH3 is 1. The predicted octanol–water partition coefficient (Wildman–Crippen LogP) is 2.65. The molecule has 1 aliphatic rings. The van der Waals surface area contributed by atoms with Crippen molar-refractivity contribution in [2.24, 2.45) is 0 Å². The Labute approximate surface area is 135 Å². The third-order valence-electron chi connectivity index (χ3n) is 3.78. The maximum atomic E-state index is 5.65. The van der Waals surface area contributed by atoms with E-state index in [1.54, 1.807) is 7.11 Å². The Kier molecular flexibility index (Phi) is 4.71. The van der Waals surface area contributed by atoms with Crippen molar-refractivity contribution in [1.82, 2.24) is 10.1 Å². The highest BCUT2D eigenvalue weighted by Crippen LogP contribution is 2.37. The number of ether oxygens (including phenoxy) is 3. The first-order valence-corrected chi connectivity index (χ1v) is 7.79. The van der Waals surface area contributed by atoms with E-state index in [4.69, 9.17) is 18.7 Å². The molecule has 6 nitrogen and oxygen atoms in total. The van der Waals surface area contributed by atoms with Crippen molar-refractivity contribution in [2.45, 2.75) is 26.4 Å². The number of hydrogen-bond acceptors (Lipinski definition) is 6. The molecular weight excluding hydrogens is 296 g/mol. The molecule has 1 aromatic heterocycles. The van der Waals surface area contributed by atoms with Gasteiger partial charge in [0, 0.05) is 24.2 Å². The molecule has 23 heavy (non-hydrogen) atoms. The molecule has 0 saturated heterocycles. The highest BCUT2D eigenvalue weighted by atomic mass is 16.6. The zero-order valence-electron chi connectivity index (χ0n) is 13.8. The van der Waals surface area contributed by atoms with Gasteiger partial charge in [-0.3, -0.25) is 4.90 Å². The minimum absolute atomic E-state index is 0.570. The molecule has 0 fully saturated rings. The Balaban J connectivity index is 1.73. The minimum Gasteiger partial charge on any atom is -0.496 e. The lowest BCUT2D eigenvalue weighted by Crippen LogP contribution is -2.19. The Hall–Kier alpha value is -2.21. The van der Waals surface area contributed by atoms with Crippen molar-refractivity contribution in [3.8, 4) is 17.2 Å². The molecule has 0 atom stereocenters. The van der Waals surface area contributed by atoms with Gasteiger partial charge >= 0.3 is 0 Å². The summed E-state index contributed by atoms with van der Waals surface area (Å²) in [6, 6.07) is 5.88. The zero-order valence-corrected chi connectivity index (χ0v) is 13.8. The first-order chi connectivity index (χ1) is 11.2. The van der Waals surface area contributed by atoms with Crippen LogP contribution in [0.25, 0.3) is 0 Å². The molecule has 0 radical (unpaired) electrons. The second kappa shape index (κ2) is 6.91. The van der Waals surface area contributed by atoms with E-state index in [9.17, 15) is 0 Å². The van der Waals surface area contributed by atoms with Crippen LogP contribution in [0.2, 0.25) is 0 Å². The molecule has 1 aliphatic heterocycles. The maximum absolute atomic E-state index is 5.65. The van der Waals surface area contributed by atoms with Crippen LogP contribution in [-0.2, 0) is 19.5 Å². The maximum Gasteiger partial charge on any atom is 0.165 e. The first kappa shape index (κ1) is 15.7. The number of hydrogen-bond donors (Lipinski definition) is 0. The molecule has 0 amide bonds. The summed E-state index contributed by atoms with van der Waals surface area (Å²) in [6.07, 6.45) is 0.878. The average molecular weight is 318 g/mol. The molecule has 0 saturated carbocycles. The molecule has 6 heteroatoms. The fourth-order valence-corrected chi connectivity index (χ4v) is 2.64. The van der Waals surface area contributed by atoms with Gasteiger partial charge in [0.15, 0.2) is 17.3 Å². The van der Waals surface area contributed by atoms with Crippen LogP contribution in [0.15, 0.2) is 22.7 Å². The highest BCUT2D eigenvalue weighted by Gasteiger charge is 2.17. The highest BCUT2D eigenvalue weighted by molar-refractivity contribution is 5.51. The lowest BCUT2D eigenvalue weighted by atomic mass is 10.1. The number of aryl methyl sites for hydroxylation is 1. The number of aromatic nitrogens is 1. The van der Waals surface area contributed by atoms with Crippen molar-refractivity contribution in [2.75, 3.05) is 27.4 Å². The van der Waals surface area contributed by atoms with Crippen molar-refractivity contribution < 1.29 is 18.7 Å². The standard InChI is InChI=1S/C17H22N2O4/c1-4-13-8-14(23-18-13)11-19(2)10-12-7-16-17(9-15(12)20-3)22-6-5-21-16/h7-9H,4-6,10-11H2,1-3H3. The van der Waals surface area contributed by atoms with E-state index in [-0.39, 0.29) is 0 Å². The van der Waals surface area contributed by atoms with Crippen LogP contribution in [0.3, 0.4) is 0 Å². The fourth-order valence-electron chi connectivity index (χ4n) is 2.64. The Morgan fingerprint density at radius 2 is 1.87 bits per heavy atom. The van der Waals surface area contributed by atoms with Gasteiger partial charge in [-0.1, -0.05) is 12.1 Å². The Morgan fingerprint density at radius 3 is 2.52 bits per heavy atom. The van der Waals surface area contributed by atoms with Crippen LogP contribution >= 0.6 is 0 Å². The molecular formula is C17H22N2O4. The zero-order chi connectivity index (χ0) is 16.2. The molecule has 3 rings (SSSR count). The molecule has 1 aromatic carbocycles. The molecule has 0 aliphatic carbocycles. The Morgan fingerprint density at radius 1 is 1.13 bits per heavy atom. The van der Waals surface area contributed by atoms with Crippen molar-refractivity contribution in [3.63, 3.8) is 0 Å². The van der Waals surface area contributed by atoms with Crippen molar-refractivity contribution >= 4 is 0 Å². The van der Waals surface area contributed by atoms with Gasteiger partial charge in [-0.25, -0.2) is 0 Å². The van der Waals surface area contributed by atoms with Crippen molar-refractivity contribution in [1.29, 1.82) is 0 Å². The van der Waals surface area contributed by atoms with E-state index in [1.165, 1.54) is 0 Å². The van der Waals surface area contributed by atoms with E-state index in [0.717, 1.165) is 40.7 Å². The second-order valence-electron chi connectivity index (χ2n) is 5.62. The summed E-state index contributed by atoms with van der Waals surface area (Å²) in [5, 5.41) is 4.02. The third kappa shape index (κ3) is 3.59. The number of benzene rings is 1. The van der Waals surface area contributed by atoms with Crippen LogP contribution in [0.1, 0.15) is 23.9 Å². The molecule has 0 unspecified atom stereocenters. The van der Waals surface area contributed by atoms with Gasteiger partial charge in [-0.2, -0.15) is 0 Å². The smallest absolute Gasteiger partial charge is 0.165 e. The molecule has 0 bridgehead atoms. The van der Waals surface area contributed by atoms with Gasteiger partial charge in [-0.05, 0) is 19.5 Å². The van der Waals surface area contributed by atoms with Gasteiger partial charge in [0.25, 0.3) is 0 Å². The lowest BCUT2D eigenvalue weighted by Gasteiger charge is -2.22. The minimum atomic E-state index is 0.570. The van der Waals surface area contributed by atoms with E-state index in [0.29, 0.717) is 26.3 Å². The summed E-state index contributed by atoms with van der Waals surface area (Å²) in [5.74, 6) is 3.17. The third-order valence-corrected chi connectivity index (χ3v) is 3.78. The SMILES string of the molecule is CCc1cc(CN(C)Cc2cc3c(cc2OC)OCCO3)on1. The van der Waals surface area contributed by atoms with E-state index in [2.05, 4.69) is 17.0 Å². The molecule has 0 spiro atoms. The largest absolute Gasteiger partial charge is 0.496 e. The topological polar surface area (TPSA) is 57.0 Å². The summed E-state index contributed by atoms with van der Waals surface area (Å²) in [6.45, 7) is 4.60. The van der Waals surface area contributed by atoms with Gasteiger partial charge in [0.05, 0.1) is 19.3 Å². The number of fused-ring (bicyclic) bond motifs is 1. The summed E-state index contributed by atoms with van der Waals surface area (Å²) in [5.41, 5.74) is 2.03. The van der Waals surface area contributed by atoms with Gasteiger partial charge in [-0.15, -0.1) is 0 Å². The van der Waals surface area contributed by atoms with Gasteiger partial charge in [0.2, 0.25) is 0 Å². The molecule has 124 valence electrons.